The fourth-order valence-electron chi connectivity index (χ4n) is 3.92. The highest BCUT2D eigenvalue weighted by atomic mass is 16.5. The number of piperidine rings is 3. The Morgan fingerprint density at radius 3 is 2.33 bits per heavy atom. The lowest BCUT2D eigenvalue weighted by molar-refractivity contribution is 0.0455. The number of hydrogen-bond donors (Lipinski definition) is 1. The monoisotopic (exact) mass is 325 g/mol. The summed E-state index contributed by atoms with van der Waals surface area (Å²) in [6.45, 7) is 4.77. The number of anilines is 1. The molecule has 5 heterocycles. The van der Waals surface area contributed by atoms with Gasteiger partial charge in [-0.05, 0) is 44.8 Å². The topological polar surface area (TPSA) is 63.2 Å². The Labute approximate surface area is 142 Å². The third kappa shape index (κ3) is 2.82. The smallest absolute Gasteiger partial charge is 0.222 e. The van der Waals surface area contributed by atoms with Crippen molar-refractivity contribution in [3.63, 3.8) is 0 Å². The Hall–Kier alpha value is -2.21. The summed E-state index contributed by atoms with van der Waals surface area (Å²) in [5.41, 5.74) is 1.94. The minimum absolute atomic E-state index is 0.445. The van der Waals surface area contributed by atoms with Gasteiger partial charge in [-0.15, -0.1) is 0 Å². The average Bonchev–Trinajstić information content (AvgIpc) is 2.66. The minimum atomic E-state index is 0.445. The van der Waals surface area contributed by atoms with Gasteiger partial charge in [-0.25, -0.2) is 15.0 Å². The maximum Gasteiger partial charge on any atom is 0.222 e. The molecular formula is C18H23N5O. The molecule has 2 atom stereocenters. The van der Waals surface area contributed by atoms with Crippen molar-refractivity contribution in [2.24, 2.45) is 5.92 Å². The summed E-state index contributed by atoms with van der Waals surface area (Å²) in [6.07, 6.45) is 8.03. The first-order chi connectivity index (χ1) is 11.7. The molecule has 3 saturated heterocycles. The number of rotatable bonds is 4. The van der Waals surface area contributed by atoms with Crippen LogP contribution in [-0.2, 0) is 0 Å². The second-order valence-electron chi connectivity index (χ2n) is 6.67. The summed E-state index contributed by atoms with van der Waals surface area (Å²) < 4.78 is 5.09. The van der Waals surface area contributed by atoms with E-state index < -0.39 is 0 Å². The van der Waals surface area contributed by atoms with Gasteiger partial charge in [-0.3, -0.25) is 4.90 Å². The zero-order valence-electron chi connectivity index (χ0n) is 14.1. The van der Waals surface area contributed by atoms with Crippen LogP contribution in [0.25, 0.3) is 11.1 Å². The van der Waals surface area contributed by atoms with Crippen LogP contribution in [0.3, 0.4) is 0 Å². The van der Waals surface area contributed by atoms with Gasteiger partial charge < -0.3 is 10.1 Å². The van der Waals surface area contributed by atoms with Gasteiger partial charge in [0.25, 0.3) is 0 Å². The molecule has 0 aliphatic carbocycles. The fraction of sp³-hybridized carbons (Fsp3) is 0.500. The lowest BCUT2D eigenvalue weighted by atomic mass is 9.79. The van der Waals surface area contributed by atoms with E-state index in [4.69, 9.17) is 4.74 Å². The van der Waals surface area contributed by atoms with Gasteiger partial charge in [0.2, 0.25) is 11.8 Å². The highest BCUT2D eigenvalue weighted by Gasteiger charge is 2.39. The summed E-state index contributed by atoms with van der Waals surface area (Å²) in [4.78, 5) is 15.8. The molecule has 6 nitrogen and oxygen atoms in total. The maximum atomic E-state index is 5.09. The number of pyridine rings is 1. The summed E-state index contributed by atoms with van der Waals surface area (Å²) >= 11 is 0. The Morgan fingerprint density at radius 2 is 1.75 bits per heavy atom. The van der Waals surface area contributed by atoms with Crippen molar-refractivity contribution in [3.8, 4) is 17.0 Å². The number of ether oxygens (including phenoxy) is 1. The zero-order chi connectivity index (χ0) is 16.5. The van der Waals surface area contributed by atoms with Gasteiger partial charge in [-0.2, -0.15) is 0 Å². The van der Waals surface area contributed by atoms with Crippen LogP contribution in [-0.4, -0.2) is 52.1 Å². The molecule has 2 bridgehead atoms. The number of aromatic nitrogens is 3. The molecule has 0 aromatic carbocycles. The molecule has 3 aliphatic heterocycles. The quantitative estimate of drug-likeness (QED) is 0.931. The number of nitrogens with zero attached hydrogens (tertiary/aromatic N) is 4. The van der Waals surface area contributed by atoms with Gasteiger partial charge in [0.05, 0.1) is 7.11 Å². The molecule has 1 N–H and O–H groups in total. The lowest BCUT2D eigenvalue weighted by Crippen LogP contribution is -2.59. The minimum Gasteiger partial charge on any atom is -0.481 e. The molecule has 3 fully saturated rings. The third-order valence-corrected chi connectivity index (χ3v) is 5.40. The van der Waals surface area contributed by atoms with Crippen LogP contribution in [0.15, 0.2) is 30.7 Å². The van der Waals surface area contributed by atoms with Crippen molar-refractivity contribution in [2.45, 2.75) is 31.8 Å². The van der Waals surface area contributed by atoms with Crippen molar-refractivity contribution in [2.75, 3.05) is 25.5 Å². The van der Waals surface area contributed by atoms with E-state index in [1.807, 2.05) is 24.5 Å². The highest BCUT2D eigenvalue weighted by Crippen LogP contribution is 2.33. The molecular weight excluding hydrogens is 302 g/mol. The second-order valence-corrected chi connectivity index (χ2v) is 6.67. The molecule has 0 unspecified atom stereocenters. The molecule has 0 saturated carbocycles. The van der Waals surface area contributed by atoms with Crippen LogP contribution < -0.4 is 10.1 Å². The predicted octanol–water partition coefficient (Wildman–Crippen LogP) is 2.44. The second kappa shape index (κ2) is 6.36. The van der Waals surface area contributed by atoms with Crippen molar-refractivity contribution in [1.82, 2.24) is 19.9 Å². The first-order valence-electron chi connectivity index (χ1n) is 8.57. The number of hydrogen-bond acceptors (Lipinski definition) is 6. The first-order valence-corrected chi connectivity index (χ1v) is 8.57. The molecule has 126 valence electrons. The number of nitrogens with one attached hydrogen (secondary N) is 1. The van der Waals surface area contributed by atoms with E-state index in [0.717, 1.165) is 17.0 Å². The fourth-order valence-corrected chi connectivity index (χ4v) is 3.92. The van der Waals surface area contributed by atoms with Crippen LogP contribution in [0.5, 0.6) is 5.88 Å². The lowest BCUT2D eigenvalue weighted by Gasteiger charge is -2.49. The van der Waals surface area contributed by atoms with E-state index in [2.05, 4.69) is 32.1 Å². The first kappa shape index (κ1) is 15.3. The van der Waals surface area contributed by atoms with E-state index in [1.165, 1.54) is 25.9 Å². The third-order valence-electron chi connectivity index (χ3n) is 5.40. The summed E-state index contributed by atoms with van der Waals surface area (Å²) in [5, 5.41) is 3.56. The van der Waals surface area contributed by atoms with E-state index in [9.17, 15) is 0 Å². The van der Waals surface area contributed by atoms with Crippen LogP contribution in [0, 0.1) is 5.92 Å². The van der Waals surface area contributed by atoms with E-state index >= 15 is 0 Å². The van der Waals surface area contributed by atoms with Gasteiger partial charge in [-0.1, -0.05) is 0 Å². The molecule has 5 rings (SSSR count). The maximum absolute atomic E-state index is 5.09. The van der Waals surface area contributed by atoms with E-state index in [1.54, 1.807) is 13.3 Å². The number of methoxy groups -OCH3 is 1. The summed E-state index contributed by atoms with van der Waals surface area (Å²) in [5.74, 6) is 2.05. The van der Waals surface area contributed by atoms with Gasteiger partial charge >= 0.3 is 0 Å². The van der Waals surface area contributed by atoms with Crippen molar-refractivity contribution < 1.29 is 4.74 Å². The van der Waals surface area contributed by atoms with Gasteiger partial charge in [0, 0.05) is 47.9 Å². The number of fused-ring (bicyclic) bond motifs is 3. The van der Waals surface area contributed by atoms with Crippen LogP contribution >= 0.6 is 0 Å². The molecule has 6 heteroatoms. The van der Waals surface area contributed by atoms with Crippen molar-refractivity contribution in [1.29, 1.82) is 0 Å². The Balaban J connectivity index is 1.47. The molecule has 3 aliphatic rings. The average molecular weight is 325 g/mol. The van der Waals surface area contributed by atoms with Crippen LogP contribution in [0.1, 0.15) is 19.8 Å². The van der Waals surface area contributed by atoms with Crippen molar-refractivity contribution in [3.05, 3.63) is 30.7 Å². The van der Waals surface area contributed by atoms with Crippen LogP contribution in [0.4, 0.5) is 5.95 Å². The van der Waals surface area contributed by atoms with E-state index in [-0.39, 0.29) is 0 Å². The van der Waals surface area contributed by atoms with Gasteiger partial charge in [0.15, 0.2) is 0 Å². The van der Waals surface area contributed by atoms with E-state index in [0.29, 0.717) is 23.9 Å². The standard InChI is InChI=1S/C18H23N5O/c1-12-17(13-5-7-23(12)8-6-13)22-18-20-10-15(11-21-18)14-3-4-16(24-2)19-9-14/h3-4,9-13,17H,5-8H2,1-2H3,(H,20,21,22)/t12-,17+/m1/s1. The van der Waals surface area contributed by atoms with Gasteiger partial charge in [0.1, 0.15) is 0 Å². The Bertz CT molecular complexity index is 678. The molecule has 24 heavy (non-hydrogen) atoms. The normalized spacial score (nSPS) is 28.6. The zero-order valence-corrected chi connectivity index (χ0v) is 14.1. The van der Waals surface area contributed by atoms with Crippen molar-refractivity contribution >= 4 is 5.95 Å². The molecule has 0 radical (unpaired) electrons. The molecule has 2 aromatic rings. The SMILES string of the molecule is COc1ccc(-c2cnc(N[C@@H]3C4CCN(CC4)[C@@H]3C)nc2)cn1. The molecule has 2 aromatic heterocycles. The molecule has 0 spiro atoms. The highest BCUT2D eigenvalue weighted by molar-refractivity contribution is 5.61. The Morgan fingerprint density at radius 1 is 1.04 bits per heavy atom. The summed E-state index contributed by atoms with van der Waals surface area (Å²) in [6, 6.07) is 4.80. The molecule has 0 amide bonds. The largest absolute Gasteiger partial charge is 0.481 e. The predicted molar refractivity (Wildman–Crippen MR) is 93.0 cm³/mol. The summed E-state index contributed by atoms with van der Waals surface area (Å²) in [7, 11) is 1.61. The Kier molecular flexibility index (Phi) is 4.06. The van der Waals surface area contributed by atoms with Crippen LogP contribution in [0.2, 0.25) is 0 Å².